The van der Waals surface area contributed by atoms with E-state index in [2.05, 4.69) is 12.1 Å². The molecule has 0 atom stereocenters. The Morgan fingerprint density at radius 3 is 1.85 bits per heavy atom. The minimum Gasteiger partial charge on any atom is -0.497 e. The van der Waals surface area contributed by atoms with Crippen molar-refractivity contribution in [3.05, 3.63) is 29.8 Å². The van der Waals surface area contributed by atoms with Crippen LogP contribution in [-0.4, -0.2) is 32.3 Å². The summed E-state index contributed by atoms with van der Waals surface area (Å²) in [5.74, 6) is 0.431. The highest BCUT2D eigenvalue weighted by Crippen LogP contribution is 2.29. The van der Waals surface area contributed by atoms with Crippen LogP contribution < -0.4 is 4.74 Å². The number of hydrogen-bond acceptors (Lipinski definition) is 5. The number of benzene rings is 1. The fraction of sp³-hybridized carbons (Fsp3) is 0.619. The Bertz CT molecular complexity index is 526. The van der Waals surface area contributed by atoms with Crippen LogP contribution in [0.1, 0.15) is 69.3 Å². The summed E-state index contributed by atoms with van der Waals surface area (Å²) in [7, 11) is 1.68. The lowest BCUT2D eigenvalue weighted by Crippen LogP contribution is -2.15. The molecule has 1 aromatic carbocycles. The molecule has 0 saturated carbocycles. The molecule has 0 aromatic heterocycles. The van der Waals surface area contributed by atoms with Crippen LogP contribution in [0.25, 0.3) is 0 Å². The van der Waals surface area contributed by atoms with Crippen LogP contribution in [0.4, 0.5) is 0 Å². The van der Waals surface area contributed by atoms with Crippen molar-refractivity contribution in [3.8, 4) is 5.75 Å². The molecule has 1 fully saturated rings. The van der Waals surface area contributed by atoms with Gasteiger partial charge in [-0.1, -0.05) is 37.8 Å². The molecule has 0 unspecified atom stereocenters. The van der Waals surface area contributed by atoms with Crippen LogP contribution in [0.2, 0.25) is 0 Å². The molecule has 1 saturated heterocycles. The fourth-order valence-corrected chi connectivity index (χ4v) is 3.28. The first-order valence-electron chi connectivity index (χ1n) is 9.64. The van der Waals surface area contributed by atoms with Crippen molar-refractivity contribution < 1.29 is 23.8 Å². The first-order valence-corrected chi connectivity index (χ1v) is 9.64. The first kappa shape index (κ1) is 20.3. The second-order valence-electron chi connectivity index (χ2n) is 6.79. The number of ether oxygens (including phenoxy) is 3. The average Bonchev–Trinajstić information content (AvgIpc) is 2.64. The quantitative estimate of drug-likeness (QED) is 0.577. The minimum atomic E-state index is -0.488. The van der Waals surface area contributed by atoms with Gasteiger partial charge >= 0.3 is 11.9 Å². The van der Waals surface area contributed by atoms with Crippen molar-refractivity contribution in [3.63, 3.8) is 0 Å². The zero-order valence-electron chi connectivity index (χ0n) is 15.7. The minimum absolute atomic E-state index is 0.278. The molecule has 1 aromatic rings. The lowest BCUT2D eigenvalue weighted by Gasteiger charge is -2.18. The molecule has 26 heavy (non-hydrogen) atoms. The van der Waals surface area contributed by atoms with Gasteiger partial charge < -0.3 is 14.2 Å². The van der Waals surface area contributed by atoms with Gasteiger partial charge in [-0.2, -0.15) is 0 Å². The van der Waals surface area contributed by atoms with Gasteiger partial charge in [-0.15, -0.1) is 0 Å². The monoisotopic (exact) mass is 362 g/mol. The van der Waals surface area contributed by atoms with Gasteiger partial charge in [-0.05, 0) is 49.3 Å². The number of esters is 2. The van der Waals surface area contributed by atoms with Crippen molar-refractivity contribution in [2.45, 2.75) is 63.7 Å². The Morgan fingerprint density at radius 1 is 0.808 bits per heavy atom. The summed E-state index contributed by atoms with van der Waals surface area (Å²) < 4.78 is 15.4. The highest BCUT2D eigenvalue weighted by atomic mass is 16.6. The molecular formula is C21H30O5. The summed E-state index contributed by atoms with van der Waals surface area (Å²) in [6, 6.07) is 8.36. The number of hydrogen-bond donors (Lipinski definition) is 0. The normalized spacial score (nSPS) is 19.4. The van der Waals surface area contributed by atoms with E-state index in [-0.39, 0.29) is 6.42 Å². The molecule has 0 N–H and O–H groups in total. The predicted molar refractivity (Wildman–Crippen MR) is 99.2 cm³/mol. The van der Waals surface area contributed by atoms with E-state index in [9.17, 15) is 9.59 Å². The van der Waals surface area contributed by atoms with Crippen molar-refractivity contribution >= 4 is 11.9 Å². The Morgan fingerprint density at radius 2 is 1.35 bits per heavy atom. The number of cyclic esters (lactones) is 2. The molecule has 1 heterocycles. The van der Waals surface area contributed by atoms with E-state index in [1.807, 2.05) is 12.1 Å². The second-order valence-corrected chi connectivity index (χ2v) is 6.79. The third-order valence-corrected chi connectivity index (χ3v) is 4.80. The summed E-state index contributed by atoms with van der Waals surface area (Å²) in [6.45, 7) is 0.749. The smallest absolute Gasteiger partial charge is 0.317 e. The first-order chi connectivity index (χ1) is 12.7. The fourth-order valence-electron chi connectivity index (χ4n) is 3.28. The molecule has 0 bridgehead atoms. The van der Waals surface area contributed by atoms with Gasteiger partial charge in [0, 0.05) is 0 Å². The maximum atomic E-state index is 11.5. The Hall–Kier alpha value is -2.04. The maximum Gasteiger partial charge on any atom is 0.317 e. The molecule has 0 amide bonds. The molecule has 1 aliphatic heterocycles. The van der Waals surface area contributed by atoms with Crippen molar-refractivity contribution in [2.24, 2.45) is 0 Å². The third kappa shape index (κ3) is 7.46. The van der Waals surface area contributed by atoms with Crippen molar-refractivity contribution in [1.82, 2.24) is 0 Å². The Labute approximate surface area is 156 Å². The molecular weight excluding hydrogens is 332 g/mol. The van der Waals surface area contributed by atoms with Crippen molar-refractivity contribution in [2.75, 3.05) is 20.3 Å². The molecule has 1 aliphatic rings. The summed E-state index contributed by atoms with van der Waals surface area (Å²) >= 11 is 0. The van der Waals surface area contributed by atoms with Crippen LogP contribution in [0.3, 0.4) is 0 Å². The van der Waals surface area contributed by atoms with Crippen LogP contribution in [0.5, 0.6) is 5.75 Å². The van der Waals surface area contributed by atoms with E-state index in [1.165, 1.54) is 5.56 Å². The van der Waals surface area contributed by atoms with Gasteiger partial charge in [-0.3, -0.25) is 9.59 Å². The molecule has 0 aliphatic carbocycles. The molecule has 0 radical (unpaired) electrons. The molecule has 2 rings (SSSR count). The highest BCUT2D eigenvalue weighted by molar-refractivity contribution is 5.91. The zero-order valence-corrected chi connectivity index (χ0v) is 15.7. The number of carbonyl (C=O) groups is 2. The van der Waals surface area contributed by atoms with Gasteiger partial charge in [0.2, 0.25) is 0 Å². The standard InChI is InChI=1S/C21H30O5/c1-24-19-12-10-18(11-13-19)17-8-4-2-6-14-25-20(22)16-21(23)26-15-7-3-5-9-17/h10-13,17H,2-9,14-16H2,1H3. The summed E-state index contributed by atoms with van der Waals surface area (Å²) in [5, 5.41) is 0. The topological polar surface area (TPSA) is 61.8 Å². The van der Waals surface area contributed by atoms with Gasteiger partial charge in [0.15, 0.2) is 0 Å². The Balaban J connectivity index is 1.91. The molecule has 0 spiro atoms. The SMILES string of the molecule is COc1ccc(C2CCCCCOC(=O)CC(=O)OCCCCC2)cc1. The zero-order chi connectivity index (χ0) is 18.6. The van der Waals surface area contributed by atoms with Gasteiger partial charge in [0.05, 0.1) is 20.3 Å². The lowest BCUT2D eigenvalue weighted by molar-refractivity contribution is -0.154. The summed E-state index contributed by atoms with van der Waals surface area (Å²) in [4.78, 5) is 23.1. The van der Waals surface area contributed by atoms with E-state index >= 15 is 0 Å². The van der Waals surface area contributed by atoms with Crippen LogP contribution in [0.15, 0.2) is 24.3 Å². The summed E-state index contributed by atoms with van der Waals surface area (Å²) in [5.41, 5.74) is 1.35. The predicted octanol–water partition coefficient (Wildman–Crippen LogP) is 4.39. The highest BCUT2D eigenvalue weighted by Gasteiger charge is 2.14. The van der Waals surface area contributed by atoms with Crippen molar-refractivity contribution in [1.29, 1.82) is 0 Å². The average molecular weight is 362 g/mol. The van der Waals surface area contributed by atoms with Crippen LogP contribution >= 0.6 is 0 Å². The summed E-state index contributed by atoms with van der Waals surface area (Å²) in [6.07, 6.45) is 7.90. The van der Waals surface area contributed by atoms with Gasteiger partial charge in [-0.25, -0.2) is 0 Å². The Kier molecular flexibility index (Phi) is 9.01. The van der Waals surface area contributed by atoms with E-state index in [0.717, 1.165) is 57.1 Å². The number of carbonyl (C=O) groups excluding carboxylic acids is 2. The largest absolute Gasteiger partial charge is 0.497 e. The number of methoxy groups -OCH3 is 1. The maximum absolute atomic E-state index is 11.5. The molecule has 5 nitrogen and oxygen atoms in total. The van der Waals surface area contributed by atoms with E-state index < -0.39 is 11.9 Å². The van der Waals surface area contributed by atoms with Crippen LogP contribution in [0, 0.1) is 0 Å². The van der Waals surface area contributed by atoms with E-state index in [0.29, 0.717) is 19.1 Å². The third-order valence-electron chi connectivity index (χ3n) is 4.80. The number of rotatable bonds is 2. The van der Waals surface area contributed by atoms with E-state index in [4.69, 9.17) is 14.2 Å². The van der Waals surface area contributed by atoms with Gasteiger partial charge in [0.25, 0.3) is 0 Å². The van der Waals surface area contributed by atoms with Gasteiger partial charge in [0.1, 0.15) is 12.2 Å². The van der Waals surface area contributed by atoms with E-state index in [1.54, 1.807) is 7.11 Å². The second kappa shape index (κ2) is 11.6. The van der Waals surface area contributed by atoms with Crippen LogP contribution in [-0.2, 0) is 19.1 Å². The lowest BCUT2D eigenvalue weighted by atomic mass is 9.88. The molecule has 5 heteroatoms. The molecule has 144 valence electrons.